The molecule has 1 aliphatic rings. The van der Waals surface area contributed by atoms with Crippen LogP contribution in [0.5, 0.6) is 5.75 Å². The SMILES string of the molecule is COc1ccccc1N1CCN(CCCNC(=O)c2cccc3c(=O)c(C)c(C(F)(F)F)oc23)CC1. The maximum absolute atomic E-state index is 13.3. The highest BCUT2D eigenvalue weighted by atomic mass is 19.4. The summed E-state index contributed by atoms with van der Waals surface area (Å²) < 4.78 is 50.5. The third-order valence-corrected chi connectivity index (χ3v) is 6.38. The van der Waals surface area contributed by atoms with Gasteiger partial charge in [-0.1, -0.05) is 18.2 Å². The number of hydrogen-bond donors (Lipinski definition) is 1. The number of fused-ring (bicyclic) bond motifs is 1. The van der Waals surface area contributed by atoms with Crippen LogP contribution in [0.25, 0.3) is 11.0 Å². The monoisotopic (exact) mass is 503 g/mol. The number of alkyl halides is 3. The van der Waals surface area contributed by atoms with Gasteiger partial charge < -0.3 is 19.4 Å². The van der Waals surface area contributed by atoms with Crippen LogP contribution in [-0.2, 0) is 6.18 Å². The van der Waals surface area contributed by atoms with Gasteiger partial charge in [-0.05, 0) is 44.2 Å². The summed E-state index contributed by atoms with van der Waals surface area (Å²) >= 11 is 0. The maximum atomic E-state index is 13.3. The van der Waals surface area contributed by atoms with E-state index in [4.69, 9.17) is 9.15 Å². The second-order valence-corrected chi connectivity index (χ2v) is 8.68. The Kier molecular flexibility index (Phi) is 7.53. The first-order valence-corrected chi connectivity index (χ1v) is 11.7. The second kappa shape index (κ2) is 10.6. The van der Waals surface area contributed by atoms with Crippen LogP contribution in [-0.4, -0.2) is 57.2 Å². The molecule has 1 amide bonds. The molecular formula is C26H28F3N3O4. The van der Waals surface area contributed by atoms with Crippen molar-refractivity contribution in [2.24, 2.45) is 0 Å². The first-order chi connectivity index (χ1) is 17.2. The molecule has 1 saturated heterocycles. The molecule has 0 bridgehead atoms. The minimum atomic E-state index is -4.84. The van der Waals surface area contributed by atoms with Crippen LogP contribution in [0.1, 0.15) is 28.1 Å². The van der Waals surface area contributed by atoms with Crippen LogP contribution < -0.4 is 20.4 Å². The van der Waals surface area contributed by atoms with E-state index in [2.05, 4.69) is 15.1 Å². The Hall–Kier alpha value is -3.53. The lowest BCUT2D eigenvalue weighted by atomic mass is 10.1. The van der Waals surface area contributed by atoms with Crippen molar-refractivity contribution in [3.63, 3.8) is 0 Å². The molecule has 1 aliphatic heterocycles. The summed E-state index contributed by atoms with van der Waals surface area (Å²) in [7, 11) is 1.66. The molecule has 2 heterocycles. The molecule has 0 spiro atoms. The Morgan fingerprint density at radius 1 is 1.08 bits per heavy atom. The summed E-state index contributed by atoms with van der Waals surface area (Å²) in [6.07, 6.45) is -4.17. The van der Waals surface area contributed by atoms with Crippen LogP contribution >= 0.6 is 0 Å². The Balaban J connectivity index is 1.33. The first-order valence-electron chi connectivity index (χ1n) is 11.7. The number of ether oxygens (including phenoxy) is 1. The number of carbonyl (C=O) groups excluding carboxylic acids is 1. The van der Waals surface area contributed by atoms with E-state index in [1.165, 1.54) is 18.2 Å². The van der Waals surface area contributed by atoms with Gasteiger partial charge in [0.2, 0.25) is 5.76 Å². The number of piperazine rings is 1. The molecule has 1 N–H and O–H groups in total. The van der Waals surface area contributed by atoms with Crippen molar-refractivity contribution in [3.05, 3.63) is 69.6 Å². The van der Waals surface area contributed by atoms with Crippen LogP contribution in [0.4, 0.5) is 18.9 Å². The van der Waals surface area contributed by atoms with E-state index in [1.54, 1.807) is 7.11 Å². The zero-order chi connectivity index (χ0) is 25.9. The van der Waals surface area contributed by atoms with Crippen molar-refractivity contribution in [1.29, 1.82) is 0 Å². The zero-order valence-electron chi connectivity index (χ0n) is 20.2. The van der Waals surface area contributed by atoms with Crippen molar-refractivity contribution in [1.82, 2.24) is 10.2 Å². The molecule has 4 rings (SSSR count). The number of hydrogen-bond acceptors (Lipinski definition) is 6. The van der Waals surface area contributed by atoms with Crippen molar-refractivity contribution >= 4 is 22.6 Å². The largest absolute Gasteiger partial charge is 0.495 e. The summed E-state index contributed by atoms with van der Waals surface area (Å²) in [6.45, 7) is 5.59. The highest BCUT2D eigenvalue weighted by Gasteiger charge is 2.38. The van der Waals surface area contributed by atoms with Gasteiger partial charge in [-0.2, -0.15) is 13.2 Å². The Bertz CT molecular complexity index is 1300. The number of para-hydroxylation sites is 3. The fraction of sp³-hybridized carbons (Fsp3) is 0.385. The lowest BCUT2D eigenvalue weighted by Crippen LogP contribution is -2.47. The summed E-state index contributed by atoms with van der Waals surface area (Å²) in [5.74, 6) is -1.12. The molecule has 1 aromatic heterocycles. The number of carbonyl (C=O) groups is 1. The quantitative estimate of drug-likeness (QED) is 0.490. The van der Waals surface area contributed by atoms with Crippen molar-refractivity contribution in [3.8, 4) is 5.75 Å². The molecule has 7 nitrogen and oxygen atoms in total. The molecule has 0 atom stereocenters. The molecule has 0 radical (unpaired) electrons. The number of nitrogens with zero attached hydrogens (tertiary/aromatic N) is 2. The zero-order valence-corrected chi connectivity index (χ0v) is 20.2. The molecule has 192 valence electrons. The highest BCUT2D eigenvalue weighted by Crippen LogP contribution is 2.33. The van der Waals surface area contributed by atoms with E-state index in [0.29, 0.717) is 13.0 Å². The van der Waals surface area contributed by atoms with Crippen molar-refractivity contribution in [2.75, 3.05) is 51.3 Å². The lowest BCUT2D eigenvalue weighted by molar-refractivity contribution is -0.153. The molecule has 3 aromatic rings. The van der Waals surface area contributed by atoms with Crippen molar-refractivity contribution in [2.45, 2.75) is 19.5 Å². The van der Waals surface area contributed by atoms with E-state index >= 15 is 0 Å². The predicted octanol–water partition coefficient (Wildman–Crippen LogP) is 4.07. The molecule has 0 unspecified atom stereocenters. The summed E-state index contributed by atoms with van der Waals surface area (Å²) in [4.78, 5) is 29.8. The van der Waals surface area contributed by atoms with E-state index < -0.39 is 28.8 Å². The first kappa shape index (κ1) is 25.6. The topological polar surface area (TPSA) is 75.0 Å². The minimum Gasteiger partial charge on any atom is -0.495 e. The van der Waals surface area contributed by atoms with Crippen LogP contribution in [0, 0.1) is 6.92 Å². The van der Waals surface area contributed by atoms with Crippen molar-refractivity contribution < 1.29 is 27.1 Å². The number of rotatable bonds is 7. The smallest absolute Gasteiger partial charge is 0.449 e. The Labute approximate surface area is 206 Å². The predicted molar refractivity (Wildman–Crippen MR) is 131 cm³/mol. The number of nitrogens with one attached hydrogen (secondary N) is 1. The fourth-order valence-corrected chi connectivity index (χ4v) is 4.46. The third-order valence-electron chi connectivity index (χ3n) is 6.38. The van der Waals surface area contributed by atoms with Crippen LogP contribution in [0.2, 0.25) is 0 Å². The number of anilines is 1. The molecule has 0 saturated carbocycles. The van der Waals surface area contributed by atoms with Gasteiger partial charge in [0, 0.05) is 38.3 Å². The van der Waals surface area contributed by atoms with Gasteiger partial charge in [-0.3, -0.25) is 14.5 Å². The minimum absolute atomic E-state index is 0.0546. The molecule has 1 fully saturated rings. The van der Waals surface area contributed by atoms with Gasteiger partial charge in [-0.25, -0.2) is 0 Å². The summed E-state index contributed by atoms with van der Waals surface area (Å²) in [5, 5.41) is 2.68. The van der Waals surface area contributed by atoms with Gasteiger partial charge >= 0.3 is 6.18 Å². The van der Waals surface area contributed by atoms with Gasteiger partial charge in [0.1, 0.15) is 5.75 Å². The lowest BCUT2D eigenvalue weighted by Gasteiger charge is -2.36. The number of methoxy groups -OCH3 is 1. The third kappa shape index (κ3) is 5.33. The average molecular weight is 504 g/mol. The average Bonchev–Trinajstić information content (AvgIpc) is 2.88. The van der Waals surface area contributed by atoms with E-state index in [1.807, 2.05) is 24.3 Å². The normalized spacial score (nSPS) is 14.8. The molecule has 0 aliphatic carbocycles. The van der Waals surface area contributed by atoms with Gasteiger partial charge in [0.05, 0.1) is 23.7 Å². The highest BCUT2D eigenvalue weighted by molar-refractivity contribution is 6.04. The van der Waals surface area contributed by atoms with E-state index in [-0.39, 0.29) is 16.5 Å². The summed E-state index contributed by atoms with van der Waals surface area (Å²) in [6, 6.07) is 12.1. The van der Waals surface area contributed by atoms with E-state index in [0.717, 1.165) is 51.1 Å². The van der Waals surface area contributed by atoms with Gasteiger partial charge in [0.25, 0.3) is 5.91 Å². The van der Waals surface area contributed by atoms with Crippen LogP contribution in [0.3, 0.4) is 0 Å². The Morgan fingerprint density at radius 2 is 1.81 bits per heavy atom. The van der Waals surface area contributed by atoms with E-state index in [9.17, 15) is 22.8 Å². The number of benzene rings is 2. The van der Waals surface area contributed by atoms with Gasteiger partial charge in [-0.15, -0.1) is 0 Å². The molecular weight excluding hydrogens is 475 g/mol. The summed E-state index contributed by atoms with van der Waals surface area (Å²) in [5.41, 5.74) is -0.715. The fourth-order valence-electron chi connectivity index (χ4n) is 4.46. The van der Waals surface area contributed by atoms with Crippen LogP contribution in [0.15, 0.2) is 51.7 Å². The maximum Gasteiger partial charge on any atom is 0.449 e. The second-order valence-electron chi connectivity index (χ2n) is 8.68. The standard InChI is InChI=1S/C26H28F3N3O4/c1-17-22(33)18-7-5-8-19(23(18)36-24(17)26(27,28)29)25(34)30-11-6-12-31-13-15-32(16-14-31)20-9-3-4-10-21(20)35-2/h3-5,7-10H,6,11-16H2,1-2H3,(H,30,34). The Morgan fingerprint density at radius 3 is 2.50 bits per heavy atom. The van der Waals surface area contributed by atoms with Gasteiger partial charge in [0.15, 0.2) is 11.0 Å². The molecule has 36 heavy (non-hydrogen) atoms. The molecule has 10 heteroatoms. The number of amides is 1. The number of halogens is 3. The molecule has 2 aromatic carbocycles.